The molecule has 1 saturated carbocycles. The van der Waals surface area contributed by atoms with Gasteiger partial charge in [0.2, 0.25) is 0 Å². The molecule has 0 aromatic rings. The molecule has 1 aliphatic carbocycles. The van der Waals surface area contributed by atoms with Crippen molar-refractivity contribution >= 4 is 11.8 Å². The van der Waals surface area contributed by atoms with Gasteiger partial charge in [-0.15, -0.1) is 0 Å². The molecule has 0 aliphatic heterocycles. The van der Waals surface area contributed by atoms with Gasteiger partial charge in [-0.05, 0) is 44.3 Å². The smallest absolute Gasteiger partial charge is 0.00811 e. The van der Waals surface area contributed by atoms with Crippen LogP contribution in [0.1, 0.15) is 45.4 Å². The molecule has 1 unspecified atom stereocenters. The first-order chi connectivity index (χ1) is 5.93. The van der Waals surface area contributed by atoms with Crippen molar-refractivity contribution in [1.29, 1.82) is 0 Å². The molecule has 0 saturated heterocycles. The van der Waals surface area contributed by atoms with Crippen molar-refractivity contribution in [2.75, 3.05) is 5.75 Å². The van der Waals surface area contributed by atoms with Crippen LogP contribution in [0.2, 0.25) is 0 Å². The second-order valence-electron chi connectivity index (χ2n) is 3.45. The Morgan fingerprint density at radius 1 is 1.33 bits per heavy atom. The predicted octanol–water partition coefficient (Wildman–Crippen LogP) is 3.87. The van der Waals surface area contributed by atoms with E-state index in [1.807, 2.05) is 0 Å². The van der Waals surface area contributed by atoms with Crippen molar-refractivity contribution in [3.63, 3.8) is 0 Å². The van der Waals surface area contributed by atoms with Gasteiger partial charge in [-0.3, -0.25) is 0 Å². The van der Waals surface area contributed by atoms with Gasteiger partial charge in [0.05, 0.1) is 0 Å². The molecule has 1 aliphatic rings. The van der Waals surface area contributed by atoms with E-state index in [9.17, 15) is 0 Å². The quantitative estimate of drug-likeness (QED) is 0.584. The molecule has 1 fully saturated rings. The van der Waals surface area contributed by atoms with Crippen LogP contribution in [0.5, 0.6) is 0 Å². The maximum atomic E-state index is 2.50. The van der Waals surface area contributed by atoms with E-state index in [1.165, 1.54) is 44.3 Å². The summed E-state index contributed by atoms with van der Waals surface area (Å²) in [5.41, 5.74) is 0. The Kier molecular flexibility index (Phi) is 5.93. The van der Waals surface area contributed by atoms with Crippen LogP contribution in [-0.2, 0) is 0 Å². The Balaban J connectivity index is 1.91. The highest BCUT2D eigenvalue weighted by Gasteiger charge is 2.13. The fourth-order valence-corrected chi connectivity index (χ4v) is 2.72. The van der Waals surface area contributed by atoms with Crippen LogP contribution in [0.3, 0.4) is 0 Å². The van der Waals surface area contributed by atoms with Crippen molar-refractivity contribution in [3.05, 3.63) is 12.8 Å². The first-order valence-electron chi connectivity index (χ1n) is 5.20. The van der Waals surface area contributed by atoms with Crippen LogP contribution in [0, 0.1) is 12.8 Å². The van der Waals surface area contributed by atoms with E-state index >= 15 is 0 Å². The predicted molar refractivity (Wildman–Crippen MR) is 58.2 cm³/mol. The Labute approximate surface area is 81.5 Å². The molecule has 1 atom stereocenters. The zero-order chi connectivity index (χ0) is 8.65. The second kappa shape index (κ2) is 6.82. The van der Waals surface area contributed by atoms with Crippen molar-refractivity contribution in [2.24, 2.45) is 0 Å². The third-order valence-electron chi connectivity index (χ3n) is 2.28. The number of hydrogen-bond acceptors (Lipinski definition) is 1. The van der Waals surface area contributed by atoms with E-state index in [-0.39, 0.29) is 0 Å². The van der Waals surface area contributed by atoms with Gasteiger partial charge in [-0.25, -0.2) is 0 Å². The fourth-order valence-electron chi connectivity index (χ4n) is 1.50. The minimum Gasteiger partial charge on any atom is -0.158 e. The summed E-state index contributed by atoms with van der Waals surface area (Å²) >= 11 is 2.15. The van der Waals surface area contributed by atoms with E-state index in [2.05, 4.69) is 31.5 Å². The fraction of sp³-hybridized carbons (Fsp3) is 0.818. The molecular weight excluding hydrogens is 164 g/mol. The van der Waals surface area contributed by atoms with Gasteiger partial charge >= 0.3 is 0 Å². The summed E-state index contributed by atoms with van der Waals surface area (Å²) in [4.78, 5) is 0. The topological polar surface area (TPSA) is 0 Å². The van der Waals surface area contributed by atoms with E-state index in [4.69, 9.17) is 0 Å². The van der Waals surface area contributed by atoms with E-state index in [0.29, 0.717) is 0 Å². The molecule has 1 rings (SSSR count). The normalized spacial score (nSPS) is 19.8. The summed E-state index contributed by atoms with van der Waals surface area (Å²) in [5, 5.41) is 0.843. The largest absolute Gasteiger partial charge is 0.158 e. The first kappa shape index (κ1) is 10.4. The SMILES string of the molecule is CCCCCSC1[CH]CC[CH]C1. The zero-order valence-corrected chi connectivity index (χ0v) is 8.91. The number of unbranched alkanes of at least 4 members (excludes halogenated alkanes) is 2. The van der Waals surface area contributed by atoms with E-state index < -0.39 is 0 Å². The third kappa shape index (κ3) is 4.39. The molecule has 1 heteroatoms. The van der Waals surface area contributed by atoms with Crippen LogP contribution >= 0.6 is 11.8 Å². The molecule has 2 radical (unpaired) electrons. The van der Waals surface area contributed by atoms with Gasteiger partial charge in [0.15, 0.2) is 0 Å². The maximum absolute atomic E-state index is 2.50. The Morgan fingerprint density at radius 2 is 2.25 bits per heavy atom. The van der Waals surface area contributed by atoms with Gasteiger partial charge in [-0.2, -0.15) is 11.8 Å². The Morgan fingerprint density at radius 3 is 2.92 bits per heavy atom. The third-order valence-corrected chi connectivity index (χ3v) is 3.62. The summed E-state index contributed by atoms with van der Waals surface area (Å²) in [6.45, 7) is 2.27. The zero-order valence-electron chi connectivity index (χ0n) is 8.09. The van der Waals surface area contributed by atoms with Crippen molar-refractivity contribution < 1.29 is 0 Å². The maximum Gasteiger partial charge on any atom is 0.00811 e. The van der Waals surface area contributed by atoms with Crippen LogP contribution in [0.4, 0.5) is 0 Å². The average molecular weight is 184 g/mol. The molecule has 0 amide bonds. The minimum absolute atomic E-state index is 0.843. The number of rotatable bonds is 5. The molecule has 0 nitrogen and oxygen atoms in total. The number of hydrogen-bond donors (Lipinski definition) is 0. The van der Waals surface area contributed by atoms with Gasteiger partial charge in [0.25, 0.3) is 0 Å². The van der Waals surface area contributed by atoms with Crippen LogP contribution < -0.4 is 0 Å². The standard InChI is InChI=1S/C11H20S/c1-2-3-7-10-12-11-8-5-4-6-9-11/h5,9,11H,2-4,6-8,10H2,1H3. The molecule has 0 N–H and O–H groups in total. The first-order valence-corrected chi connectivity index (χ1v) is 6.25. The highest BCUT2D eigenvalue weighted by atomic mass is 32.2. The highest BCUT2D eigenvalue weighted by molar-refractivity contribution is 8.00. The van der Waals surface area contributed by atoms with Gasteiger partial charge in [0.1, 0.15) is 0 Å². The molecule has 0 bridgehead atoms. The molecular formula is C11H20S. The molecule has 0 heterocycles. The summed E-state index contributed by atoms with van der Waals surface area (Å²) in [5.74, 6) is 1.36. The van der Waals surface area contributed by atoms with Crippen LogP contribution in [0.15, 0.2) is 0 Å². The lowest BCUT2D eigenvalue weighted by Gasteiger charge is -2.20. The van der Waals surface area contributed by atoms with Gasteiger partial charge in [-0.1, -0.05) is 19.8 Å². The molecule has 0 aromatic carbocycles. The Hall–Kier alpha value is 0.350. The summed E-state index contributed by atoms with van der Waals surface area (Å²) in [6, 6.07) is 0. The molecule has 0 spiro atoms. The number of thioether (sulfide) groups is 1. The monoisotopic (exact) mass is 184 g/mol. The van der Waals surface area contributed by atoms with Crippen molar-refractivity contribution in [2.45, 2.75) is 50.7 Å². The lowest BCUT2D eigenvalue weighted by Crippen LogP contribution is -2.09. The molecule has 12 heavy (non-hydrogen) atoms. The summed E-state index contributed by atoms with van der Waals surface area (Å²) < 4.78 is 0. The second-order valence-corrected chi connectivity index (χ2v) is 4.80. The van der Waals surface area contributed by atoms with Gasteiger partial charge in [0, 0.05) is 5.25 Å². The van der Waals surface area contributed by atoms with Gasteiger partial charge < -0.3 is 0 Å². The van der Waals surface area contributed by atoms with Crippen molar-refractivity contribution in [1.82, 2.24) is 0 Å². The van der Waals surface area contributed by atoms with Crippen LogP contribution in [-0.4, -0.2) is 11.0 Å². The molecule has 0 aromatic heterocycles. The summed E-state index contributed by atoms with van der Waals surface area (Å²) in [6.07, 6.45) is 13.0. The van der Waals surface area contributed by atoms with E-state index in [1.54, 1.807) is 0 Å². The lowest BCUT2D eigenvalue weighted by atomic mass is 10.0. The minimum atomic E-state index is 0.843. The summed E-state index contributed by atoms with van der Waals surface area (Å²) in [7, 11) is 0. The van der Waals surface area contributed by atoms with Crippen LogP contribution in [0.25, 0.3) is 0 Å². The molecule has 70 valence electrons. The lowest BCUT2D eigenvalue weighted by molar-refractivity contribution is 0.722. The van der Waals surface area contributed by atoms with Crippen molar-refractivity contribution in [3.8, 4) is 0 Å². The Bertz CT molecular complexity index is 95.2. The van der Waals surface area contributed by atoms with E-state index in [0.717, 1.165) is 5.25 Å². The average Bonchev–Trinajstić information content (AvgIpc) is 2.14. The highest BCUT2D eigenvalue weighted by Crippen LogP contribution is 2.27.